The molecule has 0 spiro atoms. The lowest BCUT2D eigenvalue weighted by Gasteiger charge is -2.24. The molecule has 2 aliphatic rings. The van der Waals surface area contributed by atoms with Crippen LogP contribution in [-0.4, -0.2) is 0 Å². The molecule has 8 aromatic rings. The Hall–Kier alpha value is -5.66. The Morgan fingerprint density at radius 1 is 0.391 bits per heavy atom. The minimum absolute atomic E-state index is 0.126. The summed E-state index contributed by atoms with van der Waals surface area (Å²) in [5.41, 5.74) is 12.7. The molecule has 0 unspecified atom stereocenters. The Morgan fingerprint density at radius 2 is 1.04 bits per heavy atom. The summed E-state index contributed by atoms with van der Waals surface area (Å²) in [6, 6.07) is 53.4. The second-order valence-electron chi connectivity index (χ2n) is 13.3. The van der Waals surface area contributed by atoms with E-state index in [1.54, 1.807) is 0 Å². The fourth-order valence-corrected chi connectivity index (χ4v) is 8.20. The van der Waals surface area contributed by atoms with Crippen LogP contribution in [0.25, 0.3) is 76.8 Å². The van der Waals surface area contributed by atoms with Gasteiger partial charge in [-0.2, -0.15) is 0 Å². The number of para-hydroxylation sites is 1. The predicted octanol–water partition coefficient (Wildman–Crippen LogP) is 12.6. The van der Waals surface area contributed by atoms with Crippen molar-refractivity contribution in [1.29, 1.82) is 0 Å². The highest BCUT2D eigenvalue weighted by atomic mass is 16.5. The molecule has 0 radical (unpaired) electrons. The molecule has 0 saturated heterocycles. The maximum absolute atomic E-state index is 6.39. The van der Waals surface area contributed by atoms with Crippen molar-refractivity contribution in [3.63, 3.8) is 0 Å². The van der Waals surface area contributed by atoms with Crippen LogP contribution in [0.15, 0.2) is 146 Å². The first-order chi connectivity index (χ1) is 22.6. The van der Waals surface area contributed by atoms with E-state index in [-0.39, 0.29) is 5.41 Å². The van der Waals surface area contributed by atoms with Crippen molar-refractivity contribution >= 4 is 32.3 Å². The van der Waals surface area contributed by atoms with E-state index >= 15 is 0 Å². The number of hydrogen-bond acceptors (Lipinski definition) is 1. The molecule has 0 amide bonds. The summed E-state index contributed by atoms with van der Waals surface area (Å²) < 4.78 is 6.39. The molecule has 216 valence electrons. The van der Waals surface area contributed by atoms with E-state index in [0.717, 1.165) is 17.1 Å². The number of rotatable bonds is 2. The Labute approximate surface area is 268 Å². The zero-order chi connectivity index (χ0) is 30.6. The van der Waals surface area contributed by atoms with Crippen LogP contribution in [0.2, 0.25) is 0 Å². The summed E-state index contributed by atoms with van der Waals surface area (Å²) in [5.74, 6) is 1.85. The van der Waals surface area contributed by atoms with Crippen LogP contribution < -0.4 is 4.74 Å². The van der Waals surface area contributed by atoms with Crippen molar-refractivity contribution in [2.45, 2.75) is 19.3 Å². The molecule has 0 fully saturated rings. The van der Waals surface area contributed by atoms with Gasteiger partial charge in [0.2, 0.25) is 0 Å². The Balaban J connectivity index is 1.15. The van der Waals surface area contributed by atoms with Crippen LogP contribution in [-0.2, 0) is 5.41 Å². The molecule has 1 nitrogen and oxygen atoms in total. The van der Waals surface area contributed by atoms with Crippen molar-refractivity contribution in [3.8, 4) is 56.0 Å². The maximum Gasteiger partial charge on any atom is 0.135 e. The molecule has 1 aliphatic carbocycles. The van der Waals surface area contributed by atoms with Crippen LogP contribution in [0.5, 0.6) is 11.5 Å². The summed E-state index contributed by atoms with van der Waals surface area (Å²) in [4.78, 5) is 0. The molecule has 0 atom stereocenters. The first-order valence-electron chi connectivity index (χ1n) is 16.1. The van der Waals surface area contributed by atoms with Crippen LogP contribution in [0.1, 0.15) is 25.0 Å². The lowest BCUT2D eigenvalue weighted by molar-refractivity contribution is 0.487. The smallest absolute Gasteiger partial charge is 0.135 e. The third-order valence-corrected chi connectivity index (χ3v) is 10.5. The standard InChI is InChI=1S/C45H30O/c1-45(2)40-25-29(31-22-23-43-44-36(31)17-9-18-37(44)35-14-5-6-19-42(35)46-43)20-21-34(40)39-26-38-28(24-41(39)45)12-8-16-33(38)32-15-7-11-27-10-3-4-13-30(27)32/h3-26H,1-2H3. The maximum atomic E-state index is 6.39. The number of fused-ring (bicyclic) bond motifs is 7. The summed E-state index contributed by atoms with van der Waals surface area (Å²) in [6.45, 7) is 4.76. The first-order valence-corrected chi connectivity index (χ1v) is 16.1. The normalized spacial score (nSPS) is 13.8. The quantitative estimate of drug-likeness (QED) is 0.196. The lowest BCUT2D eigenvalue weighted by atomic mass is 9.80. The largest absolute Gasteiger partial charge is 0.456 e. The van der Waals surface area contributed by atoms with Gasteiger partial charge in [-0.15, -0.1) is 0 Å². The molecular formula is C45H30O. The second-order valence-corrected chi connectivity index (χ2v) is 13.3. The van der Waals surface area contributed by atoms with E-state index in [4.69, 9.17) is 4.74 Å². The van der Waals surface area contributed by atoms with Gasteiger partial charge in [-0.05, 0) is 107 Å². The van der Waals surface area contributed by atoms with Gasteiger partial charge in [-0.25, -0.2) is 0 Å². The number of ether oxygens (including phenoxy) is 1. The van der Waals surface area contributed by atoms with E-state index < -0.39 is 0 Å². The van der Waals surface area contributed by atoms with Crippen LogP contribution in [0, 0.1) is 0 Å². The Bertz CT molecular complexity index is 2580. The second kappa shape index (κ2) is 9.19. The van der Waals surface area contributed by atoms with E-state index in [2.05, 4.69) is 153 Å². The van der Waals surface area contributed by atoms with Crippen LogP contribution in [0.4, 0.5) is 0 Å². The third-order valence-electron chi connectivity index (χ3n) is 10.5. The number of benzene rings is 8. The zero-order valence-corrected chi connectivity index (χ0v) is 25.8. The molecule has 1 heterocycles. The highest BCUT2D eigenvalue weighted by Crippen LogP contribution is 2.53. The molecule has 1 heteroatoms. The Kier molecular flexibility index (Phi) is 5.12. The van der Waals surface area contributed by atoms with Gasteiger partial charge < -0.3 is 4.74 Å². The van der Waals surface area contributed by atoms with Crippen LogP contribution >= 0.6 is 0 Å². The summed E-state index contributed by atoms with van der Waals surface area (Å²) in [6.07, 6.45) is 0. The first kappa shape index (κ1) is 25.6. The average molecular weight is 587 g/mol. The van der Waals surface area contributed by atoms with Gasteiger partial charge in [0.1, 0.15) is 11.5 Å². The van der Waals surface area contributed by atoms with E-state index in [9.17, 15) is 0 Å². The SMILES string of the molecule is CC1(C)c2cc(-c3ccc4c5c(cccc35)-c3ccccc3O4)ccc2-c2cc3c(-c4cccc5ccccc45)cccc3cc21. The van der Waals surface area contributed by atoms with Gasteiger partial charge >= 0.3 is 0 Å². The van der Waals surface area contributed by atoms with Gasteiger partial charge in [0, 0.05) is 16.4 Å². The van der Waals surface area contributed by atoms with Crippen LogP contribution in [0.3, 0.4) is 0 Å². The fraction of sp³-hybridized carbons (Fsp3) is 0.0667. The molecule has 8 aromatic carbocycles. The summed E-state index contributed by atoms with van der Waals surface area (Å²) >= 11 is 0. The van der Waals surface area contributed by atoms with E-state index in [1.807, 2.05) is 6.07 Å². The topological polar surface area (TPSA) is 9.23 Å². The molecule has 0 bridgehead atoms. The highest BCUT2D eigenvalue weighted by Gasteiger charge is 2.36. The van der Waals surface area contributed by atoms with Gasteiger partial charge in [-0.1, -0.05) is 129 Å². The third kappa shape index (κ3) is 3.46. The Morgan fingerprint density at radius 3 is 1.96 bits per heavy atom. The summed E-state index contributed by atoms with van der Waals surface area (Å²) in [5, 5.41) is 7.56. The number of hydrogen-bond donors (Lipinski definition) is 0. The van der Waals surface area contributed by atoms with Crippen molar-refractivity contribution in [2.75, 3.05) is 0 Å². The highest BCUT2D eigenvalue weighted by molar-refractivity contribution is 6.11. The van der Waals surface area contributed by atoms with Gasteiger partial charge in [0.25, 0.3) is 0 Å². The van der Waals surface area contributed by atoms with Crippen molar-refractivity contribution in [2.24, 2.45) is 0 Å². The van der Waals surface area contributed by atoms with Gasteiger partial charge in [-0.3, -0.25) is 0 Å². The zero-order valence-electron chi connectivity index (χ0n) is 25.8. The molecular weight excluding hydrogens is 556 g/mol. The lowest BCUT2D eigenvalue weighted by Crippen LogP contribution is -2.15. The molecule has 0 N–H and O–H groups in total. The minimum atomic E-state index is -0.126. The van der Waals surface area contributed by atoms with Gasteiger partial charge in [0.15, 0.2) is 0 Å². The van der Waals surface area contributed by atoms with Crippen molar-refractivity contribution < 1.29 is 4.74 Å². The van der Waals surface area contributed by atoms with Gasteiger partial charge in [0.05, 0.1) is 0 Å². The average Bonchev–Trinajstić information content (AvgIpc) is 3.32. The molecule has 10 rings (SSSR count). The predicted molar refractivity (Wildman–Crippen MR) is 193 cm³/mol. The molecule has 0 aromatic heterocycles. The molecule has 46 heavy (non-hydrogen) atoms. The molecule has 0 saturated carbocycles. The monoisotopic (exact) mass is 586 g/mol. The van der Waals surface area contributed by atoms with Crippen molar-refractivity contribution in [1.82, 2.24) is 0 Å². The minimum Gasteiger partial charge on any atom is -0.456 e. The fourth-order valence-electron chi connectivity index (χ4n) is 8.20. The molecule has 1 aliphatic heterocycles. The van der Waals surface area contributed by atoms with E-state index in [1.165, 1.54) is 82.4 Å². The summed E-state index contributed by atoms with van der Waals surface area (Å²) in [7, 11) is 0. The van der Waals surface area contributed by atoms with E-state index in [0.29, 0.717) is 0 Å². The van der Waals surface area contributed by atoms with Crippen molar-refractivity contribution in [3.05, 3.63) is 157 Å².